The van der Waals surface area contributed by atoms with Crippen molar-refractivity contribution in [3.8, 4) is 5.75 Å². The first kappa shape index (κ1) is 10.8. The maximum atomic E-state index is 10.7. The van der Waals surface area contributed by atoms with Gasteiger partial charge in [-0.15, -0.1) is 0 Å². The average Bonchev–Trinajstić information content (AvgIpc) is 2.21. The third kappa shape index (κ3) is 2.87. The lowest BCUT2D eigenvalue weighted by Crippen LogP contribution is -1.97. The topological polar surface area (TPSA) is 26.3 Å². The minimum Gasteiger partial charge on any atom is -0.494 e. The molecule has 1 aromatic carbocycles. The molecule has 0 radical (unpaired) electrons. The van der Waals surface area contributed by atoms with Gasteiger partial charge in [0.15, 0.2) is 0 Å². The van der Waals surface area contributed by atoms with E-state index in [1.807, 2.05) is 19.1 Å². The Morgan fingerprint density at radius 2 is 2.21 bits per heavy atom. The van der Waals surface area contributed by atoms with Gasteiger partial charge in [-0.1, -0.05) is 19.4 Å². The van der Waals surface area contributed by atoms with Crippen LogP contribution >= 0.6 is 0 Å². The minimum absolute atomic E-state index is 0.707. The predicted molar refractivity (Wildman–Crippen MR) is 57.0 cm³/mol. The standard InChI is InChI=1S/C12H16O2/c1-3-4-7-14-12-6-5-10(2)11(8-12)9-13/h5-6,8-9H,3-4,7H2,1-2H3. The summed E-state index contributed by atoms with van der Waals surface area (Å²) in [4.78, 5) is 10.7. The molecule has 1 aromatic rings. The average molecular weight is 192 g/mol. The smallest absolute Gasteiger partial charge is 0.150 e. The number of unbranched alkanes of at least 4 members (excludes halogenated alkanes) is 1. The van der Waals surface area contributed by atoms with E-state index in [2.05, 4.69) is 6.92 Å². The van der Waals surface area contributed by atoms with Crippen LogP contribution in [0.2, 0.25) is 0 Å². The predicted octanol–water partition coefficient (Wildman–Crippen LogP) is 2.99. The van der Waals surface area contributed by atoms with E-state index in [1.165, 1.54) is 0 Å². The molecule has 0 saturated carbocycles. The van der Waals surface area contributed by atoms with E-state index >= 15 is 0 Å². The summed E-state index contributed by atoms with van der Waals surface area (Å²) in [5.74, 6) is 0.783. The molecule has 0 aliphatic rings. The Labute approximate surface area is 84.9 Å². The number of rotatable bonds is 5. The summed E-state index contributed by atoms with van der Waals surface area (Å²) < 4.78 is 5.48. The Morgan fingerprint density at radius 3 is 2.86 bits per heavy atom. The maximum absolute atomic E-state index is 10.7. The van der Waals surface area contributed by atoms with E-state index in [9.17, 15) is 4.79 Å². The van der Waals surface area contributed by atoms with Crippen molar-refractivity contribution in [1.82, 2.24) is 0 Å². The number of aldehydes is 1. The Bertz CT molecular complexity index is 305. The highest BCUT2D eigenvalue weighted by molar-refractivity contribution is 5.77. The van der Waals surface area contributed by atoms with E-state index in [4.69, 9.17) is 4.74 Å². The molecule has 0 atom stereocenters. The van der Waals surface area contributed by atoms with Crippen molar-refractivity contribution in [1.29, 1.82) is 0 Å². The third-order valence-electron chi connectivity index (χ3n) is 2.14. The first-order chi connectivity index (χ1) is 6.77. The van der Waals surface area contributed by atoms with E-state index in [1.54, 1.807) is 6.07 Å². The molecule has 0 spiro atoms. The molecule has 0 bridgehead atoms. The molecule has 2 nitrogen and oxygen atoms in total. The van der Waals surface area contributed by atoms with Gasteiger partial charge in [-0.2, -0.15) is 0 Å². The maximum Gasteiger partial charge on any atom is 0.150 e. The highest BCUT2D eigenvalue weighted by Gasteiger charge is 1.99. The van der Waals surface area contributed by atoms with Gasteiger partial charge in [0.1, 0.15) is 12.0 Å². The number of hydrogen-bond donors (Lipinski definition) is 0. The molecule has 1 rings (SSSR count). The van der Waals surface area contributed by atoms with Gasteiger partial charge in [-0.3, -0.25) is 4.79 Å². The van der Waals surface area contributed by atoms with Gasteiger partial charge in [0.25, 0.3) is 0 Å². The van der Waals surface area contributed by atoms with Crippen LogP contribution in [0.5, 0.6) is 5.75 Å². The van der Waals surface area contributed by atoms with Crippen LogP contribution in [0.4, 0.5) is 0 Å². The largest absolute Gasteiger partial charge is 0.494 e. The van der Waals surface area contributed by atoms with Crippen LogP contribution in [-0.4, -0.2) is 12.9 Å². The van der Waals surface area contributed by atoms with Gasteiger partial charge in [-0.05, 0) is 31.0 Å². The summed E-state index contributed by atoms with van der Waals surface area (Å²) in [5, 5.41) is 0. The fourth-order valence-corrected chi connectivity index (χ4v) is 1.17. The molecule has 0 aromatic heterocycles. The zero-order valence-electron chi connectivity index (χ0n) is 8.75. The highest BCUT2D eigenvalue weighted by Crippen LogP contribution is 2.16. The third-order valence-corrected chi connectivity index (χ3v) is 2.14. The summed E-state index contributed by atoms with van der Waals surface area (Å²) in [6.07, 6.45) is 3.03. The molecule has 0 aliphatic carbocycles. The zero-order valence-corrected chi connectivity index (χ0v) is 8.75. The first-order valence-electron chi connectivity index (χ1n) is 4.96. The monoisotopic (exact) mass is 192 g/mol. The van der Waals surface area contributed by atoms with Crippen molar-refractivity contribution >= 4 is 6.29 Å². The van der Waals surface area contributed by atoms with E-state index < -0.39 is 0 Å². The van der Waals surface area contributed by atoms with Crippen molar-refractivity contribution in [3.05, 3.63) is 29.3 Å². The van der Waals surface area contributed by atoms with Gasteiger partial charge < -0.3 is 4.74 Å². The summed E-state index contributed by atoms with van der Waals surface area (Å²) in [6.45, 7) is 4.76. The normalized spacial score (nSPS) is 9.86. The Balaban J connectivity index is 2.64. The van der Waals surface area contributed by atoms with Crippen molar-refractivity contribution in [3.63, 3.8) is 0 Å². The lowest BCUT2D eigenvalue weighted by molar-refractivity contribution is 0.112. The van der Waals surface area contributed by atoms with Crippen molar-refractivity contribution in [2.45, 2.75) is 26.7 Å². The second kappa shape index (κ2) is 5.43. The van der Waals surface area contributed by atoms with Crippen molar-refractivity contribution < 1.29 is 9.53 Å². The molecular formula is C12H16O2. The van der Waals surface area contributed by atoms with Crippen LogP contribution in [0.25, 0.3) is 0 Å². The fourth-order valence-electron chi connectivity index (χ4n) is 1.17. The molecule has 0 aliphatic heterocycles. The zero-order chi connectivity index (χ0) is 10.4. The van der Waals surface area contributed by atoms with Crippen LogP contribution in [0.15, 0.2) is 18.2 Å². The van der Waals surface area contributed by atoms with Crippen LogP contribution in [0.1, 0.15) is 35.7 Å². The molecule has 0 N–H and O–H groups in total. The Hall–Kier alpha value is -1.31. The van der Waals surface area contributed by atoms with Gasteiger partial charge in [-0.25, -0.2) is 0 Å². The van der Waals surface area contributed by atoms with Crippen LogP contribution in [0, 0.1) is 6.92 Å². The number of hydrogen-bond acceptors (Lipinski definition) is 2. The van der Waals surface area contributed by atoms with Gasteiger partial charge in [0.05, 0.1) is 6.61 Å². The molecule has 0 unspecified atom stereocenters. The number of benzene rings is 1. The molecular weight excluding hydrogens is 176 g/mol. The Morgan fingerprint density at radius 1 is 1.43 bits per heavy atom. The van der Waals surface area contributed by atoms with Gasteiger partial charge in [0.2, 0.25) is 0 Å². The van der Waals surface area contributed by atoms with E-state index in [-0.39, 0.29) is 0 Å². The molecule has 0 saturated heterocycles. The lowest BCUT2D eigenvalue weighted by atomic mass is 10.1. The minimum atomic E-state index is 0.707. The van der Waals surface area contributed by atoms with Crippen LogP contribution < -0.4 is 4.74 Å². The second-order valence-electron chi connectivity index (χ2n) is 3.34. The summed E-state index contributed by atoms with van der Waals surface area (Å²) in [7, 11) is 0. The SMILES string of the molecule is CCCCOc1ccc(C)c(C=O)c1. The van der Waals surface area contributed by atoms with Crippen molar-refractivity contribution in [2.24, 2.45) is 0 Å². The summed E-state index contributed by atoms with van der Waals surface area (Å²) >= 11 is 0. The number of carbonyl (C=O) groups excluding carboxylic acids is 1. The van der Waals surface area contributed by atoms with Crippen molar-refractivity contribution in [2.75, 3.05) is 6.61 Å². The summed E-state index contributed by atoms with van der Waals surface area (Å²) in [6, 6.07) is 5.60. The molecule has 0 amide bonds. The number of aryl methyl sites for hydroxylation is 1. The van der Waals surface area contributed by atoms with Crippen LogP contribution in [0.3, 0.4) is 0 Å². The number of carbonyl (C=O) groups is 1. The molecule has 0 fully saturated rings. The Kier molecular flexibility index (Phi) is 4.17. The molecule has 2 heteroatoms. The highest BCUT2D eigenvalue weighted by atomic mass is 16.5. The number of ether oxygens (including phenoxy) is 1. The van der Waals surface area contributed by atoms with E-state index in [0.29, 0.717) is 5.56 Å². The van der Waals surface area contributed by atoms with Gasteiger partial charge >= 0.3 is 0 Å². The fraction of sp³-hybridized carbons (Fsp3) is 0.417. The van der Waals surface area contributed by atoms with E-state index in [0.717, 1.165) is 37.0 Å². The second-order valence-corrected chi connectivity index (χ2v) is 3.34. The summed E-state index contributed by atoms with van der Waals surface area (Å²) in [5.41, 5.74) is 1.70. The molecule has 14 heavy (non-hydrogen) atoms. The van der Waals surface area contributed by atoms with Gasteiger partial charge in [0, 0.05) is 5.56 Å². The van der Waals surface area contributed by atoms with Crippen LogP contribution in [-0.2, 0) is 0 Å². The quantitative estimate of drug-likeness (QED) is 0.529. The lowest BCUT2D eigenvalue weighted by Gasteiger charge is -2.06. The molecule has 0 heterocycles. The molecule has 76 valence electrons. The first-order valence-corrected chi connectivity index (χ1v) is 4.96.